The predicted octanol–water partition coefficient (Wildman–Crippen LogP) is 1.95. The normalized spacial score (nSPS) is 9.31. The third kappa shape index (κ3) is 3.15. The van der Waals surface area contributed by atoms with Crippen molar-refractivity contribution in [2.45, 2.75) is 13.3 Å². The van der Waals surface area contributed by atoms with E-state index >= 15 is 0 Å². The van der Waals surface area contributed by atoms with Crippen molar-refractivity contribution in [3.05, 3.63) is 24.3 Å². The molecule has 0 spiro atoms. The van der Waals surface area contributed by atoms with E-state index in [-0.39, 0.29) is 0 Å². The van der Waals surface area contributed by atoms with Crippen LogP contribution in [0.3, 0.4) is 0 Å². The quantitative estimate of drug-likeness (QED) is 0.700. The van der Waals surface area contributed by atoms with Gasteiger partial charge in [0.05, 0.1) is 6.61 Å². The monoisotopic (exact) mass is 178 g/mol. The summed E-state index contributed by atoms with van der Waals surface area (Å²) in [6.45, 7) is 2.77. The largest absolute Gasteiger partial charge is 0.494 e. The molecular formula is C10H12NO2. The molecule has 0 heterocycles. The van der Waals surface area contributed by atoms with E-state index in [4.69, 9.17) is 4.74 Å². The first-order valence-electron chi connectivity index (χ1n) is 4.23. The van der Waals surface area contributed by atoms with Crippen LogP contribution in [0.5, 0.6) is 5.75 Å². The minimum absolute atomic E-state index is 0.715. The molecule has 0 fully saturated rings. The minimum atomic E-state index is 0.715. The van der Waals surface area contributed by atoms with E-state index in [0.29, 0.717) is 6.61 Å². The van der Waals surface area contributed by atoms with Crippen LogP contribution in [0.2, 0.25) is 0 Å². The fourth-order valence-electron chi connectivity index (χ4n) is 0.913. The molecule has 0 aliphatic carbocycles. The Kier molecular flexibility index (Phi) is 3.82. The number of hydrogen-bond donors (Lipinski definition) is 1. The van der Waals surface area contributed by atoms with Crippen LogP contribution in [0.15, 0.2) is 24.3 Å². The Morgan fingerprint density at radius 2 is 2.08 bits per heavy atom. The molecule has 0 saturated heterocycles. The smallest absolute Gasteiger partial charge is 0.314 e. The molecule has 1 aromatic carbocycles. The van der Waals surface area contributed by atoms with Crippen LogP contribution in [0.25, 0.3) is 0 Å². The fourth-order valence-corrected chi connectivity index (χ4v) is 0.913. The van der Waals surface area contributed by atoms with Crippen molar-refractivity contribution in [1.29, 1.82) is 0 Å². The van der Waals surface area contributed by atoms with E-state index < -0.39 is 0 Å². The van der Waals surface area contributed by atoms with Gasteiger partial charge in [0.25, 0.3) is 0 Å². The highest BCUT2D eigenvalue weighted by molar-refractivity contribution is 5.71. The van der Waals surface area contributed by atoms with Crippen molar-refractivity contribution in [3.8, 4) is 5.75 Å². The van der Waals surface area contributed by atoms with E-state index in [1.807, 2.05) is 12.1 Å². The van der Waals surface area contributed by atoms with E-state index in [1.165, 1.54) is 0 Å². The molecule has 1 N–H and O–H groups in total. The molecule has 69 valence electrons. The SMILES string of the molecule is CCCOc1ccc(N[C]=O)cc1. The van der Waals surface area contributed by atoms with Crippen molar-refractivity contribution >= 4 is 12.1 Å². The standard InChI is InChI=1S/C10H12NO2/c1-2-7-13-10-5-3-9(4-6-10)11-8-12/h3-6H,2,7H2,1H3,(H,11,12). The van der Waals surface area contributed by atoms with Crippen molar-refractivity contribution < 1.29 is 9.53 Å². The van der Waals surface area contributed by atoms with Gasteiger partial charge in [-0.15, -0.1) is 0 Å². The average Bonchev–Trinajstić information content (AvgIpc) is 2.17. The Morgan fingerprint density at radius 3 is 2.62 bits per heavy atom. The molecule has 1 amide bonds. The molecule has 0 aliphatic rings. The van der Waals surface area contributed by atoms with Gasteiger partial charge in [-0.05, 0) is 30.7 Å². The van der Waals surface area contributed by atoms with E-state index in [2.05, 4.69) is 12.2 Å². The minimum Gasteiger partial charge on any atom is -0.494 e. The summed E-state index contributed by atoms with van der Waals surface area (Å²) in [6, 6.07) is 7.18. The molecule has 3 nitrogen and oxygen atoms in total. The molecule has 0 saturated carbocycles. The molecule has 1 aromatic rings. The molecule has 3 heteroatoms. The lowest BCUT2D eigenvalue weighted by atomic mass is 10.3. The molecule has 0 atom stereocenters. The van der Waals surface area contributed by atoms with Gasteiger partial charge in [-0.3, -0.25) is 4.79 Å². The molecule has 0 unspecified atom stereocenters. The second kappa shape index (κ2) is 5.19. The van der Waals surface area contributed by atoms with Crippen LogP contribution in [0.4, 0.5) is 5.69 Å². The Morgan fingerprint density at radius 1 is 1.38 bits per heavy atom. The maximum absolute atomic E-state index is 9.96. The van der Waals surface area contributed by atoms with E-state index in [9.17, 15) is 4.79 Å². The van der Waals surface area contributed by atoms with Gasteiger partial charge in [0.15, 0.2) is 0 Å². The first-order chi connectivity index (χ1) is 6.36. The highest BCUT2D eigenvalue weighted by Gasteiger charge is 1.93. The molecule has 0 aromatic heterocycles. The summed E-state index contributed by atoms with van der Waals surface area (Å²) < 4.78 is 5.36. The zero-order valence-electron chi connectivity index (χ0n) is 7.54. The third-order valence-electron chi connectivity index (χ3n) is 1.52. The molecule has 13 heavy (non-hydrogen) atoms. The van der Waals surface area contributed by atoms with Gasteiger partial charge >= 0.3 is 6.41 Å². The lowest BCUT2D eigenvalue weighted by Crippen LogP contribution is -1.96. The number of hydrogen-bond acceptors (Lipinski definition) is 2. The van der Waals surface area contributed by atoms with Gasteiger partial charge in [-0.25, -0.2) is 0 Å². The summed E-state index contributed by atoms with van der Waals surface area (Å²) in [7, 11) is 0. The highest BCUT2D eigenvalue weighted by atomic mass is 16.5. The maximum atomic E-state index is 9.96. The Labute approximate surface area is 77.7 Å². The van der Waals surface area contributed by atoms with Crippen LogP contribution in [0, 0.1) is 0 Å². The summed E-state index contributed by atoms with van der Waals surface area (Å²) in [6.07, 6.45) is 2.59. The molecule has 0 aliphatic heterocycles. The van der Waals surface area contributed by atoms with Crippen LogP contribution in [-0.4, -0.2) is 13.0 Å². The Balaban J connectivity index is 2.53. The number of amides is 1. The van der Waals surface area contributed by atoms with Crippen molar-refractivity contribution in [2.24, 2.45) is 0 Å². The highest BCUT2D eigenvalue weighted by Crippen LogP contribution is 2.14. The van der Waals surface area contributed by atoms with Gasteiger partial charge in [-0.2, -0.15) is 0 Å². The number of benzene rings is 1. The van der Waals surface area contributed by atoms with E-state index in [0.717, 1.165) is 17.9 Å². The topological polar surface area (TPSA) is 38.3 Å². The predicted molar refractivity (Wildman–Crippen MR) is 51.5 cm³/mol. The maximum Gasteiger partial charge on any atom is 0.314 e. The molecule has 0 bridgehead atoms. The summed E-state index contributed by atoms with van der Waals surface area (Å²) in [5.74, 6) is 0.818. The van der Waals surface area contributed by atoms with Crippen LogP contribution < -0.4 is 10.1 Å². The van der Waals surface area contributed by atoms with Gasteiger partial charge in [0, 0.05) is 5.69 Å². The second-order valence-electron chi connectivity index (χ2n) is 2.60. The lowest BCUT2D eigenvalue weighted by molar-refractivity contribution is 0.317. The average molecular weight is 178 g/mol. The third-order valence-corrected chi connectivity index (χ3v) is 1.52. The van der Waals surface area contributed by atoms with Crippen LogP contribution in [0.1, 0.15) is 13.3 Å². The van der Waals surface area contributed by atoms with Gasteiger partial charge in [0.2, 0.25) is 0 Å². The van der Waals surface area contributed by atoms with Crippen LogP contribution in [-0.2, 0) is 4.79 Å². The summed E-state index contributed by atoms with van der Waals surface area (Å²) in [5, 5.41) is 2.43. The van der Waals surface area contributed by atoms with Gasteiger partial charge < -0.3 is 10.1 Å². The first kappa shape index (κ1) is 9.58. The second-order valence-corrected chi connectivity index (χ2v) is 2.60. The zero-order valence-corrected chi connectivity index (χ0v) is 7.54. The number of ether oxygens (including phenoxy) is 1. The number of carbonyl (C=O) groups excluding carboxylic acids is 1. The van der Waals surface area contributed by atoms with Crippen molar-refractivity contribution in [2.75, 3.05) is 11.9 Å². The molecular weight excluding hydrogens is 166 g/mol. The Hall–Kier alpha value is -1.51. The Bertz CT molecular complexity index is 256. The summed E-state index contributed by atoms with van der Waals surface area (Å²) in [4.78, 5) is 9.96. The fraction of sp³-hybridized carbons (Fsp3) is 0.300. The first-order valence-corrected chi connectivity index (χ1v) is 4.23. The lowest BCUT2D eigenvalue weighted by Gasteiger charge is -2.04. The van der Waals surface area contributed by atoms with Crippen LogP contribution >= 0.6 is 0 Å². The van der Waals surface area contributed by atoms with Gasteiger partial charge in [0.1, 0.15) is 5.75 Å². The number of anilines is 1. The van der Waals surface area contributed by atoms with E-state index in [1.54, 1.807) is 18.5 Å². The van der Waals surface area contributed by atoms with Crippen molar-refractivity contribution in [1.82, 2.24) is 0 Å². The van der Waals surface area contributed by atoms with Crippen molar-refractivity contribution in [3.63, 3.8) is 0 Å². The summed E-state index contributed by atoms with van der Waals surface area (Å²) in [5.41, 5.74) is 0.721. The number of rotatable bonds is 5. The molecule has 1 rings (SSSR count). The number of nitrogens with one attached hydrogen (secondary N) is 1. The van der Waals surface area contributed by atoms with Gasteiger partial charge in [-0.1, -0.05) is 6.92 Å². The molecule has 1 radical (unpaired) electrons. The summed E-state index contributed by atoms with van der Waals surface area (Å²) >= 11 is 0. The zero-order chi connectivity index (χ0) is 9.52.